The van der Waals surface area contributed by atoms with Crippen molar-refractivity contribution in [1.29, 1.82) is 5.26 Å². The lowest BCUT2D eigenvalue weighted by Crippen LogP contribution is -2.45. The van der Waals surface area contributed by atoms with Crippen LogP contribution in [-0.2, 0) is 4.79 Å². The predicted octanol–water partition coefficient (Wildman–Crippen LogP) is 1.91. The molecular formula is C19H26N4O. The molecule has 2 rings (SSSR count). The summed E-state index contributed by atoms with van der Waals surface area (Å²) in [5.41, 5.74) is 7.17. The Bertz CT molecular complexity index is 579. The quantitative estimate of drug-likeness (QED) is 0.715. The minimum Gasteiger partial charge on any atom is -0.325 e. The lowest BCUT2D eigenvalue weighted by atomic mass is 10.1. The number of amides is 1. The lowest BCUT2D eigenvalue weighted by molar-refractivity contribution is -0.132. The highest BCUT2D eigenvalue weighted by molar-refractivity contribution is 5.82. The van der Waals surface area contributed by atoms with Crippen LogP contribution in [0.4, 0.5) is 0 Å². The molecule has 0 spiro atoms. The summed E-state index contributed by atoms with van der Waals surface area (Å²) in [5.74, 6) is -0.0805. The minimum absolute atomic E-state index is 0.0805. The topological polar surface area (TPSA) is 82.2 Å². The second kappa shape index (κ2) is 9.86. The van der Waals surface area contributed by atoms with E-state index in [1.807, 2.05) is 18.2 Å². The van der Waals surface area contributed by atoms with Gasteiger partial charge in [-0.15, -0.1) is 0 Å². The van der Waals surface area contributed by atoms with Crippen LogP contribution in [-0.4, -0.2) is 42.5 Å². The number of nitrogens with two attached hydrogens (primary N) is 1. The molecule has 0 unspecified atom stereocenters. The second-order valence-electron chi connectivity index (χ2n) is 6.08. The van der Waals surface area contributed by atoms with Gasteiger partial charge in [0.2, 0.25) is 5.91 Å². The number of nitrogens with zero attached hydrogens (tertiary/aromatic N) is 2. The van der Waals surface area contributed by atoms with Gasteiger partial charge in [-0.05, 0) is 37.8 Å². The maximum Gasteiger partial charge on any atom is 0.240 e. The zero-order chi connectivity index (χ0) is 17.2. The molecule has 0 radical (unpaired) electrons. The number of likely N-dealkylation sites (tertiary alicyclic amines) is 1. The molecule has 5 heteroatoms. The summed E-state index contributed by atoms with van der Waals surface area (Å²) in [7, 11) is 0. The Labute approximate surface area is 144 Å². The van der Waals surface area contributed by atoms with Gasteiger partial charge in [0.1, 0.15) is 6.04 Å². The number of carbonyl (C=O) groups excluding carboxylic acids is 1. The Kier molecular flexibility index (Phi) is 7.47. The standard InChI is InChI=1S/C19H26N4O/c20-15-17-10-6-14-23(17)19(24)18(21)11-5-13-22-12-4-9-16-7-2-1-3-8-16/h1-4,7-9,17-18,22H,5-6,10-14,21H2/b9-4+/t17-,18-/m0/s1. The summed E-state index contributed by atoms with van der Waals surface area (Å²) in [6.07, 6.45) is 7.32. The Hall–Kier alpha value is -2.16. The van der Waals surface area contributed by atoms with Crippen LogP contribution in [0.2, 0.25) is 0 Å². The van der Waals surface area contributed by atoms with Gasteiger partial charge < -0.3 is 16.0 Å². The second-order valence-corrected chi connectivity index (χ2v) is 6.08. The maximum absolute atomic E-state index is 12.3. The van der Waals surface area contributed by atoms with Crippen LogP contribution >= 0.6 is 0 Å². The van der Waals surface area contributed by atoms with Crippen LogP contribution in [0.25, 0.3) is 6.08 Å². The van der Waals surface area contributed by atoms with Crippen LogP contribution in [0.15, 0.2) is 36.4 Å². The molecule has 3 N–H and O–H groups in total. The Morgan fingerprint density at radius 1 is 1.46 bits per heavy atom. The van der Waals surface area contributed by atoms with Crippen LogP contribution in [0.3, 0.4) is 0 Å². The van der Waals surface area contributed by atoms with Gasteiger partial charge in [0.05, 0.1) is 12.1 Å². The Morgan fingerprint density at radius 3 is 3.00 bits per heavy atom. The third-order valence-electron chi connectivity index (χ3n) is 4.24. The molecule has 24 heavy (non-hydrogen) atoms. The molecule has 1 heterocycles. The van der Waals surface area contributed by atoms with Crippen LogP contribution < -0.4 is 11.1 Å². The van der Waals surface area contributed by atoms with Gasteiger partial charge in [-0.3, -0.25) is 4.79 Å². The summed E-state index contributed by atoms with van der Waals surface area (Å²) >= 11 is 0. The monoisotopic (exact) mass is 326 g/mol. The number of nitriles is 1. The van der Waals surface area contributed by atoms with Crippen molar-refractivity contribution in [2.75, 3.05) is 19.6 Å². The van der Waals surface area contributed by atoms with Crippen molar-refractivity contribution in [1.82, 2.24) is 10.2 Å². The van der Waals surface area contributed by atoms with Crippen LogP contribution in [0.1, 0.15) is 31.2 Å². The molecule has 0 saturated carbocycles. The number of benzene rings is 1. The minimum atomic E-state index is -0.499. The van der Waals surface area contributed by atoms with E-state index in [9.17, 15) is 4.79 Å². The molecule has 5 nitrogen and oxygen atoms in total. The van der Waals surface area contributed by atoms with Crippen LogP contribution in [0, 0.1) is 11.3 Å². The molecule has 1 aliphatic heterocycles. The largest absolute Gasteiger partial charge is 0.325 e. The summed E-state index contributed by atoms with van der Waals surface area (Å²) in [4.78, 5) is 13.9. The van der Waals surface area contributed by atoms with Gasteiger partial charge in [0.25, 0.3) is 0 Å². The summed E-state index contributed by atoms with van der Waals surface area (Å²) in [6, 6.07) is 11.6. The highest BCUT2D eigenvalue weighted by Gasteiger charge is 2.31. The first kappa shape index (κ1) is 18.2. The third kappa shape index (κ3) is 5.48. The van der Waals surface area contributed by atoms with Gasteiger partial charge in [-0.1, -0.05) is 42.5 Å². The fourth-order valence-corrected chi connectivity index (χ4v) is 2.89. The number of carbonyl (C=O) groups is 1. The van der Waals surface area contributed by atoms with Crippen molar-refractivity contribution in [3.05, 3.63) is 42.0 Å². The molecule has 1 aromatic carbocycles. The molecule has 128 valence electrons. The molecule has 0 aliphatic carbocycles. The van der Waals surface area contributed by atoms with Crippen LogP contribution in [0.5, 0.6) is 0 Å². The van der Waals surface area contributed by atoms with Crippen molar-refractivity contribution >= 4 is 12.0 Å². The van der Waals surface area contributed by atoms with Gasteiger partial charge >= 0.3 is 0 Å². The van der Waals surface area contributed by atoms with E-state index in [4.69, 9.17) is 11.0 Å². The van der Waals surface area contributed by atoms with Crippen molar-refractivity contribution in [3.63, 3.8) is 0 Å². The zero-order valence-corrected chi connectivity index (χ0v) is 14.0. The van der Waals surface area contributed by atoms with E-state index >= 15 is 0 Å². The van der Waals surface area contributed by atoms with Gasteiger partial charge in [0.15, 0.2) is 0 Å². The van der Waals surface area contributed by atoms with E-state index in [-0.39, 0.29) is 11.9 Å². The molecule has 0 bridgehead atoms. The normalized spacial score (nSPS) is 18.7. The summed E-state index contributed by atoms with van der Waals surface area (Å²) in [6.45, 7) is 2.27. The predicted molar refractivity (Wildman–Crippen MR) is 95.9 cm³/mol. The van der Waals surface area contributed by atoms with E-state index in [2.05, 4.69) is 35.7 Å². The van der Waals surface area contributed by atoms with Gasteiger partial charge in [0, 0.05) is 13.1 Å². The highest BCUT2D eigenvalue weighted by Crippen LogP contribution is 2.17. The van der Waals surface area contributed by atoms with E-state index in [1.54, 1.807) is 4.90 Å². The number of nitrogens with one attached hydrogen (secondary N) is 1. The van der Waals surface area contributed by atoms with Crippen molar-refractivity contribution in [3.8, 4) is 6.07 Å². The molecule has 0 aromatic heterocycles. The van der Waals surface area contributed by atoms with Crippen molar-refractivity contribution in [2.45, 2.75) is 37.8 Å². The first-order chi connectivity index (χ1) is 11.7. The molecule has 2 atom stereocenters. The maximum atomic E-state index is 12.3. The van der Waals surface area contributed by atoms with E-state index in [1.165, 1.54) is 5.56 Å². The average Bonchev–Trinajstić information content (AvgIpc) is 3.09. The molecule has 1 saturated heterocycles. The van der Waals surface area contributed by atoms with Gasteiger partial charge in [-0.25, -0.2) is 0 Å². The smallest absolute Gasteiger partial charge is 0.240 e. The SMILES string of the molecule is N#C[C@@H]1CCCN1C(=O)[C@@H](N)CCCNC/C=C/c1ccccc1. The van der Waals surface area contributed by atoms with Gasteiger partial charge in [-0.2, -0.15) is 5.26 Å². The summed E-state index contributed by atoms with van der Waals surface area (Å²) in [5, 5.41) is 12.4. The van der Waals surface area contributed by atoms with E-state index in [0.717, 1.165) is 32.4 Å². The fraction of sp³-hybridized carbons (Fsp3) is 0.474. The van der Waals surface area contributed by atoms with E-state index in [0.29, 0.717) is 13.0 Å². The number of hydrogen-bond donors (Lipinski definition) is 2. The fourth-order valence-electron chi connectivity index (χ4n) is 2.89. The average molecular weight is 326 g/mol. The first-order valence-electron chi connectivity index (χ1n) is 8.60. The number of hydrogen-bond acceptors (Lipinski definition) is 4. The Morgan fingerprint density at radius 2 is 2.25 bits per heavy atom. The molecule has 1 fully saturated rings. The zero-order valence-electron chi connectivity index (χ0n) is 14.0. The van der Waals surface area contributed by atoms with Crippen molar-refractivity contribution in [2.24, 2.45) is 5.73 Å². The molecule has 1 amide bonds. The lowest BCUT2D eigenvalue weighted by Gasteiger charge is -2.23. The first-order valence-corrected chi connectivity index (χ1v) is 8.60. The highest BCUT2D eigenvalue weighted by atomic mass is 16.2. The molecule has 1 aliphatic rings. The molecule has 1 aromatic rings. The van der Waals surface area contributed by atoms with E-state index < -0.39 is 6.04 Å². The van der Waals surface area contributed by atoms with Crippen molar-refractivity contribution < 1.29 is 4.79 Å². The molecular weight excluding hydrogens is 300 g/mol. The number of rotatable bonds is 8. The summed E-state index contributed by atoms with van der Waals surface area (Å²) < 4.78 is 0. The third-order valence-corrected chi connectivity index (χ3v) is 4.24. The Balaban J connectivity index is 1.59.